The van der Waals surface area contributed by atoms with E-state index in [1.165, 1.54) is 0 Å². The number of hydrogen-bond donors (Lipinski definition) is 3. The molecular weight excluding hydrogens is 418 g/mol. The smallest absolute Gasteiger partial charge is 0.305 e. The molecule has 0 spiro atoms. The molecule has 1 aromatic rings. The number of carbonyl (C=O) groups excluding carboxylic acids is 2. The predicted octanol–water partition coefficient (Wildman–Crippen LogP) is 2.26. The summed E-state index contributed by atoms with van der Waals surface area (Å²) in [5, 5.41) is 18.0. The molecule has 2 amide bonds. The van der Waals surface area contributed by atoms with Crippen molar-refractivity contribution in [1.82, 2.24) is 10.6 Å². The highest BCUT2D eigenvalue weighted by molar-refractivity contribution is 5.97. The zero-order valence-corrected chi connectivity index (χ0v) is 17.7. The second-order valence-electron chi connectivity index (χ2n) is 7.97. The van der Waals surface area contributed by atoms with Gasteiger partial charge in [0.25, 0.3) is 5.91 Å². The summed E-state index contributed by atoms with van der Waals surface area (Å²) < 4.78 is 11.1. The van der Waals surface area contributed by atoms with Gasteiger partial charge in [-0.2, -0.15) is 0 Å². The molecular formula is C21H27N5O6. The normalized spacial score (nSPS) is 20.4. The van der Waals surface area contributed by atoms with Gasteiger partial charge >= 0.3 is 5.97 Å². The minimum absolute atomic E-state index is 0.103. The number of hydrogen-bond acceptors (Lipinski definition) is 6. The first-order valence-corrected chi connectivity index (χ1v) is 10.7. The van der Waals surface area contributed by atoms with Crippen LogP contribution in [0.5, 0.6) is 11.5 Å². The summed E-state index contributed by atoms with van der Waals surface area (Å²) in [4.78, 5) is 38.7. The summed E-state index contributed by atoms with van der Waals surface area (Å²) >= 11 is 0. The minimum Gasteiger partial charge on any atom is -0.486 e. The van der Waals surface area contributed by atoms with Gasteiger partial charge in [-0.3, -0.25) is 14.4 Å². The molecule has 32 heavy (non-hydrogen) atoms. The molecule has 2 aliphatic rings. The Kier molecular flexibility index (Phi) is 8.15. The zero-order chi connectivity index (χ0) is 22.9. The topological polar surface area (TPSA) is 163 Å². The van der Waals surface area contributed by atoms with E-state index in [1.54, 1.807) is 18.2 Å². The predicted molar refractivity (Wildman–Crippen MR) is 113 cm³/mol. The fourth-order valence-corrected chi connectivity index (χ4v) is 4.04. The van der Waals surface area contributed by atoms with E-state index in [0.717, 1.165) is 12.8 Å². The van der Waals surface area contributed by atoms with E-state index in [4.69, 9.17) is 20.1 Å². The maximum atomic E-state index is 12.6. The SMILES string of the molecule is [N-]=[N+]=NC[C@H](CC(=O)O)NC(=O)C1CCC(CNC(=O)c2cccc3c2OCCO3)CC1. The number of carboxylic acids is 1. The maximum absolute atomic E-state index is 12.6. The number of fused-ring (bicyclic) bond motifs is 1. The largest absolute Gasteiger partial charge is 0.486 e. The van der Waals surface area contributed by atoms with Gasteiger partial charge in [-0.1, -0.05) is 11.2 Å². The molecule has 0 saturated heterocycles. The van der Waals surface area contributed by atoms with Crippen molar-refractivity contribution in [2.75, 3.05) is 26.3 Å². The molecule has 3 N–H and O–H groups in total. The van der Waals surface area contributed by atoms with Crippen molar-refractivity contribution in [2.45, 2.75) is 38.1 Å². The molecule has 11 nitrogen and oxygen atoms in total. The molecule has 1 aliphatic carbocycles. The molecule has 0 radical (unpaired) electrons. The van der Waals surface area contributed by atoms with Gasteiger partial charge in [0.15, 0.2) is 11.5 Å². The minimum atomic E-state index is -1.07. The number of nitrogens with zero attached hydrogens (tertiary/aromatic N) is 3. The molecule has 1 aliphatic heterocycles. The van der Waals surface area contributed by atoms with Crippen molar-refractivity contribution in [3.63, 3.8) is 0 Å². The Morgan fingerprint density at radius 1 is 1.19 bits per heavy atom. The summed E-state index contributed by atoms with van der Waals surface area (Å²) in [7, 11) is 0. The van der Waals surface area contributed by atoms with E-state index < -0.39 is 12.0 Å². The van der Waals surface area contributed by atoms with Gasteiger partial charge in [0.1, 0.15) is 13.2 Å². The molecule has 1 saturated carbocycles. The van der Waals surface area contributed by atoms with Crippen LogP contribution >= 0.6 is 0 Å². The van der Waals surface area contributed by atoms with Crippen LogP contribution in [-0.4, -0.2) is 55.2 Å². The van der Waals surface area contributed by atoms with E-state index in [0.29, 0.717) is 49.7 Å². The van der Waals surface area contributed by atoms with Crippen molar-refractivity contribution >= 4 is 17.8 Å². The van der Waals surface area contributed by atoms with Gasteiger partial charge < -0.3 is 25.2 Å². The summed E-state index contributed by atoms with van der Waals surface area (Å²) in [6, 6.07) is 4.50. The first kappa shape index (κ1) is 23.2. The second-order valence-corrected chi connectivity index (χ2v) is 7.97. The number of carbonyl (C=O) groups is 3. The molecule has 1 fully saturated rings. The van der Waals surface area contributed by atoms with E-state index in [1.807, 2.05) is 0 Å². The molecule has 172 valence electrons. The Hall–Kier alpha value is -3.46. The lowest BCUT2D eigenvalue weighted by Crippen LogP contribution is -2.43. The fourth-order valence-electron chi connectivity index (χ4n) is 4.04. The molecule has 3 rings (SSSR count). The number of para-hydroxylation sites is 1. The van der Waals surface area contributed by atoms with Gasteiger partial charge in [-0.15, -0.1) is 0 Å². The molecule has 0 bridgehead atoms. The van der Waals surface area contributed by atoms with Gasteiger partial charge in [-0.25, -0.2) is 0 Å². The third-order valence-electron chi connectivity index (χ3n) is 5.71. The quantitative estimate of drug-likeness (QED) is 0.300. The van der Waals surface area contributed by atoms with Crippen LogP contribution in [0.4, 0.5) is 0 Å². The van der Waals surface area contributed by atoms with Crippen LogP contribution in [0.15, 0.2) is 23.3 Å². The molecule has 1 aromatic carbocycles. The Morgan fingerprint density at radius 2 is 1.94 bits per heavy atom. The lowest BCUT2D eigenvalue weighted by molar-refractivity contribution is -0.137. The molecule has 0 unspecified atom stereocenters. The summed E-state index contributed by atoms with van der Waals surface area (Å²) in [6.07, 6.45) is 2.52. The Bertz CT molecular complexity index is 889. The zero-order valence-electron chi connectivity index (χ0n) is 17.7. The van der Waals surface area contributed by atoms with Crippen LogP contribution < -0.4 is 20.1 Å². The van der Waals surface area contributed by atoms with Crippen LogP contribution in [0.2, 0.25) is 0 Å². The fraction of sp³-hybridized carbons (Fsp3) is 0.571. The van der Waals surface area contributed by atoms with E-state index in [-0.39, 0.29) is 36.6 Å². The van der Waals surface area contributed by atoms with E-state index in [2.05, 4.69) is 20.7 Å². The first-order chi connectivity index (χ1) is 15.5. The van der Waals surface area contributed by atoms with Crippen LogP contribution in [0, 0.1) is 11.8 Å². The number of aliphatic carboxylic acids is 1. The van der Waals surface area contributed by atoms with Crippen molar-refractivity contribution in [1.29, 1.82) is 0 Å². The van der Waals surface area contributed by atoms with Crippen LogP contribution in [-0.2, 0) is 9.59 Å². The van der Waals surface area contributed by atoms with Crippen molar-refractivity contribution < 1.29 is 29.0 Å². The lowest BCUT2D eigenvalue weighted by atomic mass is 9.81. The van der Waals surface area contributed by atoms with Crippen LogP contribution in [0.25, 0.3) is 10.4 Å². The summed E-state index contributed by atoms with van der Waals surface area (Å²) in [6.45, 7) is 1.25. The van der Waals surface area contributed by atoms with Crippen molar-refractivity contribution in [3.8, 4) is 11.5 Å². The number of carboxylic acid groups (broad SMARTS) is 1. The Balaban J connectivity index is 1.45. The standard InChI is InChI=1S/C21H27N5O6/c22-26-24-12-15(10-18(27)28)25-20(29)14-6-4-13(5-7-14)11-23-21(30)16-2-1-3-17-19(16)32-9-8-31-17/h1-3,13-15H,4-12H2,(H,23,30)(H,25,29)(H,27,28)/t13?,14?,15-/m0/s1. The second kappa shape index (κ2) is 11.2. The monoisotopic (exact) mass is 445 g/mol. The third kappa shape index (κ3) is 6.27. The van der Waals surface area contributed by atoms with Gasteiger partial charge in [0.05, 0.1) is 12.0 Å². The van der Waals surface area contributed by atoms with Crippen molar-refractivity contribution in [2.24, 2.45) is 17.0 Å². The van der Waals surface area contributed by atoms with Crippen LogP contribution in [0.1, 0.15) is 42.5 Å². The molecule has 1 heterocycles. The van der Waals surface area contributed by atoms with Gasteiger partial charge in [-0.05, 0) is 49.3 Å². The number of ether oxygens (including phenoxy) is 2. The number of rotatable bonds is 9. The summed E-state index contributed by atoms with van der Waals surface area (Å²) in [5.74, 6) is -0.458. The van der Waals surface area contributed by atoms with E-state index in [9.17, 15) is 14.4 Å². The molecule has 11 heteroatoms. The average Bonchev–Trinajstić information content (AvgIpc) is 2.80. The first-order valence-electron chi connectivity index (χ1n) is 10.7. The molecule has 1 atom stereocenters. The van der Waals surface area contributed by atoms with Gasteiger partial charge in [0, 0.05) is 30.0 Å². The number of amides is 2. The van der Waals surface area contributed by atoms with Crippen LogP contribution in [0.3, 0.4) is 0 Å². The Morgan fingerprint density at radius 3 is 2.66 bits per heavy atom. The average molecular weight is 445 g/mol. The number of nitrogens with one attached hydrogen (secondary N) is 2. The lowest BCUT2D eigenvalue weighted by Gasteiger charge is -2.29. The van der Waals surface area contributed by atoms with E-state index >= 15 is 0 Å². The summed E-state index contributed by atoms with van der Waals surface area (Å²) in [5.41, 5.74) is 8.88. The number of benzene rings is 1. The van der Waals surface area contributed by atoms with Crippen molar-refractivity contribution in [3.05, 3.63) is 34.2 Å². The highest BCUT2D eigenvalue weighted by atomic mass is 16.6. The van der Waals surface area contributed by atoms with Gasteiger partial charge in [0.2, 0.25) is 5.91 Å². The highest BCUT2D eigenvalue weighted by Gasteiger charge is 2.29. The Labute approximate surface area is 185 Å². The highest BCUT2D eigenvalue weighted by Crippen LogP contribution is 2.34. The third-order valence-corrected chi connectivity index (χ3v) is 5.71. The number of azide groups is 1. The maximum Gasteiger partial charge on any atom is 0.305 e. The molecule has 0 aromatic heterocycles.